The van der Waals surface area contributed by atoms with Crippen LogP contribution < -0.4 is 5.32 Å². The number of hydrogen-bond acceptors (Lipinski definition) is 1. The molecule has 0 heterocycles. The Labute approximate surface area is 83.6 Å². The fourth-order valence-electron chi connectivity index (χ4n) is 1.57. The van der Waals surface area contributed by atoms with Crippen molar-refractivity contribution >= 4 is 0 Å². The van der Waals surface area contributed by atoms with Gasteiger partial charge in [0.25, 0.3) is 0 Å². The molecule has 0 aromatic carbocycles. The Bertz CT molecular complexity index is 159. The van der Waals surface area contributed by atoms with E-state index in [2.05, 4.69) is 46.0 Å². The van der Waals surface area contributed by atoms with E-state index in [1.165, 1.54) is 12.0 Å². The molecular formula is C12H25N. The summed E-state index contributed by atoms with van der Waals surface area (Å²) in [4.78, 5) is 0. The molecular weight excluding hydrogens is 158 g/mol. The van der Waals surface area contributed by atoms with Gasteiger partial charge in [0.2, 0.25) is 0 Å². The van der Waals surface area contributed by atoms with Crippen molar-refractivity contribution in [3.05, 3.63) is 11.6 Å². The van der Waals surface area contributed by atoms with Gasteiger partial charge in [0.05, 0.1) is 0 Å². The molecule has 0 bridgehead atoms. The second-order valence-electron chi connectivity index (χ2n) is 4.55. The van der Waals surface area contributed by atoms with Gasteiger partial charge in [0.15, 0.2) is 0 Å². The monoisotopic (exact) mass is 183 g/mol. The summed E-state index contributed by atoms with van der Waals surface area (Å²) in [5.74, 6) is 1.40. The summed E-state index contributed by atoms with van der Waals surface area (Å²) in [5.41, 5.74) is 1.52. The molecule has 78 valence electrons. The first-order valence-corrected chi connectivity index (χ1v) is 5.32. The molecule has 0 radical (unpaired) electrons. The second-order valence-corrected chi connectivity index (χ2v) is 4.55. The van der Waals surface area contributed by atoms with Crippen LogP contribution in [0, 0.1) is 11.8 Å². The zero-order valence-electron chi connectivity index (χ0n) is 10.0. The van der Waals surface area contributed by atoms with Gasteiger partial charge in [-0.2, -0.15) is 0 Å². The first kappa shape index (κ1) is 12.7. The molecule has 13 heavy (non-hydrogen) atoms. The summed E-state index contributed by atoms with van der Waals surface area (Å²) < 4.78 is 0. The highest BCUT2D eigenvalue weighted by Crippen LogP contribution is 2.14. The minimum absolute atomic E-state index is 0.571. The van der Waals surface area contributed by atoms with Crippen molar-refractivity contribution in [2.75, 3.05) is 7.05 Å². The van der Waals surface area contributed by atoms with Gasteiger partial charge in [-0.1, -0.05) is 32.4 Å². The third-order valence-corrected chi connectivity index (χ3v) is 2.52. The second kappa shape index (κ2) is 6.20. The highest BCUT2D eigenvalue weighted by molar-refractivity contribution is 5.02. The van der Waals surface area contributed by atoms with Crippen LogP contribution in [0.2, 0.25) is 0 Å². The number of allylic oxidation sites excluding steroid dienone is 1. The lowest BCUT2D eigenvalue weighted by atomic mass is 9.97. The quantitative estimate of drug-likeness (QED) is 0.645. The van der Waals surface area contributed by atoms with E-state index >= 15 is 0 Å². The lowest BCUT2D eigenvalue weighted by Crippen LogP contribution is -2.27. The molecule has 0 aliphatic heterocycles. The summed E-state index contributed by atoms with van der Waals surface area (Å²) in [6, 6.07) is 0.571. The first-order chi connectivity index (χ1) is 5.97. The maximum absolute atomic E-state index is 3.28. The van der Waals surface area contributed by atoms with Crippen LogP contribution >= 0.6 is 0 Å². The van der Waals surface area contributed by atoms with Crippen molar-refractivity contribution in [2.24, 2.45) is 11.8 Å². The van der Waals surface area contributed by atoms with Crippen LogP contribution in [0.5, 0.6) is 0 Å². The van der Waals surface area contributed by atoms with Gasteiger partial charge in [-0.25, -0.2) is 0 Å². The predicted octanol–water partition coefficient (Wildman–Crippen LogP) is 3.22. The van der Waals surface area contributed by atoms with Crippen LogP contribution in [0.4, 0.5) is 0 Å². The summed E-state index contributed by atoms with van der Waals surface area (Å²) in [6.07, 6.45) is 3.61. The van der Waals surface area contributed by atoms with E-state index in [4.69, 9.17) is 0 Å². The third kappa shape index (κ3) is 5.87. The molecule has 0 saturated carbocycles. The number of hydrogen-bond donors (Lipinski definition) is 1. The van der Waals surface area contributed by atoms with Crippen LogP contribution in [0.3, 0.4) is 0 Å². The number of rotatable bonds is 5. The molecule has 0 spiro atoms. The van der Waals surface area contributed by atoms with Crippen LogP contribution in [0.25, 0.3) is 0 Å². The maximum atomic E-state index is 3.28. The Morgan fingerprint density at radius 2 is 1.77 bits per heavy atom. The van der Waals surface area contributed by atoms with E-state index < -0.39 is 0 Å². The molecule has 0 fully saturated rings. The van der Waals surface area contributed by atoms with Crippen LogP contribution in [-0.2, 0) is 0 Å². The van der Waals surface area contributed by atoms with Crippen LogP contribution in [0.15, 0.2) is 11.6 Å². The Kier molecular flexibility index (Phi) is 6.06. The lowest BCUT2D eigenvalue weighted by Gasteiger charge is -2.17. The van der Waals surface area contributed by atoms with Gasteiger partial charge < -0.3 is 5.32 Å². The summed E-state index contributed by atoms with van der Waals surface area (Å²) >= 11 is 0. The number of nitrogens with one attached hydrogen (secondary N) is 1. The molecule has 1 nitrogen and oxygen atoms in total. The van der Waals surface area contributed by atoms with Gasteiger partial charge >= 0.3 is 0 Å². The minimum Gasteiger partial charge on any atom is -0.317 e. The fraction of sp³-hybridized carbons (Fsp3) is 0.833. The average molecular weight is 183 g/mol. The Morgan fingerprint density at radius 1 is 1.23 bits per heavy atom. The summed E-state index contributed by atoms with van der Waals surface area (Å²) in [5, 5.41) is 3.28. The molecule has 2 unspecified atom stereocenters. The first-order valence-electron chi connectivity index (χ1n) is 5.32. The van der Waals surface area contributed by atoms with Gasteiger partial charge in [0, 0.05) is 6.04 Å². The van der Waals surface area contributed by atoms with Crippen LogP contribution in [-0.4, -0.2) is 13.1 Å². The molecule has 0 aliphatic carbocycles. The smallest absolute Gasteiger partial charge is 0.00959 e. The Balaban J connectivity index is 4.05. The molecule has 2 atom stereocenters. The summed E-state index contributed by atoms with van der Waals surface area (Å²) in [7, 11) is 2.02. The molecule has 0 amide bonds. The maximum Gasteiger partial charge on any atom is 0.00959 e. The van der Waals surface area contributed by atoms with E-state index in [-0.39, 0.29) is 0 Å². The fourth-order valence-corrected chi connectivity index (χ4v) is 1.57. The van der Waals surface area contributed by atoms with Gasteiger partial charge in [-0.15, -0.1) is 0 Å². The van der Waals surface area contributed by atoms with E-state index in [1.54, 1.807) is 0 Å². The van der Waals surface area contributed by atoms with Crippen molar-refractivity contribution in [1.82, 2.24) is 5.32 Å². The Hall–Kier alpha value is -0.300. The Morgan fingerprint density at radius 3 is 2.15 bits per heavy atom. The van der Waals surface area contributed by atoms with Gasteiger partial charge in [-0.3, -0.25) is 0 Å². The zero-order valence-corrected chi connectivity index (χ0v) is 10.0. The molecule has 0 aromatic rings. The topological polar surface area (TPSA) is 12.0 Å². The highest BCUT2D eigenvalue weighted by atomic mass is 14.9. The van der Waals surface area contributed by atoms with E-state index in [0.29, 0.717) is 12.0 Å². The molecule has 0 rings (SSSR count). The van der Waals surface area contributed by atoms with E-state index in [0.717, 1.165) is 5.92 Å². The standard InChI is InChI=1S/C12H25N/c1-9(2)7-10(3)8-11(4)12(5)13-6/h8-9,11-13H,7H2,1-6H3/b10-8+. The van der Waals surface area contributed by atoms with Crippen molar-refractivity contribution in [3.63, 3.8) is 0 Å². The summed E-state index contributed by atoms with van der Waals surface area (Å²) in [6.45, 7) is 11.3. The average Bonchev–Trinajstić information content (AvgIpc) is 2.01. The van der Waals surface area contributed by atoms with Gasteiger partial charge in [-0.05, 0) is 39.2 Å². The molecule has 1 heteroatoms. The molecule has 0 saturated heterocycles. The van der Waals surface area contributed by atoms with Crippen molar-refractivity contribution < 1.29 is 0 Å². The zero-order chi connectivity index (χ0) is 10.4. The lowest BCUT2D eigenvalue weighted by molar-refractivity contribution is 0.493. The van der Waals surface area contributed by atoms with Crippen LogP contribution in [0.1, 0.15) is 41.0 Å². The van der Waals surface area contributed by atoms with E-state index in [1.807, 2.05) is 7.05 Å². The normalized spacial score (nSPS) is 17.6. The van der Waals surface area contributed by atoms with Crippen molar-refractivity contribution in [2.45, 2.75) is 47.1 Å². The van der Waals surface area contributed by atoms with Crippen molar-refractivity contribution in [3.8, 4) is 0 Å². The molecule has 1 N–H and O–H groups in total. The minimum atomic E-state index is 0.571. The molecule has 0 aromatic heterocycles. The van der Waals surface area contributed by atoms with Gasteiger partial charge in [0.1, 0.15) is 0 Å². The largest absolute Gasteiger partial charge is 0.317 e. The SMILES string of the molecule is CNC(C)C(C)/C=C(\C)CC(C)C. The molecule has 0 aliphatic rings. The van der Waals surface area contributed by atoms with Crippen molar-refractivity contribution in [1.29, 1.82) is 0 Å². The van der Waals surface area contributed by atoms with E-state index in [9.17, 15) is 0 Å². The third-order valence-electron chi connectivity index (χ3n) is 2.52. The highest BCUT2D eigenvalue weighted by Gasteiger charge is 2.07. The predicted molar refractivity (Wildman–Crippen MR) is 60.9 cm³/mol.